The first kappa shape index (κ1) is 26.4. The van der Waals surface area contributed by atoms with Gasteiger partial charge in [-0.15, -0.1) is 12.1 Å². The molecule has 0 aliphatic heterocycles. The summed E-state index contributed by atoms with van der Waals surface area (Å²) in [6.07, 6.45) is 7.31. The Hall–Kier alpha value is -0.564. The molecule has 2 heteroatoms. The van der Waals surface area contributed by atoms with E-state index in [9.17, 15) is 0 Å². The minimum absolute atomic E-state index is 0. The Balaban J connectivity index is 0.000000500. The van der Waals surface area contributed by atoms with Gasteiger partial charge in [0, 0.05) is 0 Å². The number of aryl methyl sites for hydroxylation is 1. The molecule has 1 nitrogen and oxygen atoms in total. The molecule has 0 heterocycles. The van der Waals surface area contributed by atoms with Crippen LogP contribution in [-0.4, -0.2) is 0 Å². The summed E-state index contributed by atoms with van der Waals surface area (Å²) in [6.45, 7) is 8.94. The van der Waals surface area contributed by atoms with Gasteiger partial charge in [-0.25, -0.2) is 0 Å². The molecule has 27 heavy (non-hydrogen) atoms. The van der Waals surface area contributed by atoms with Crippen molar-refractivity contribution in [2.24, 2.45) is 5.41 Å². The van der Waals surface area contributed by atoms with E-state index in [1.807, 2.05) is 24.3 Å². The zero-order chi connectivity index (χ0) is 18.3. The van der Waals surface area contributed by atoms with Crippen LogP contribution in [0.5, 0.6) is 0 Å². The molecule has 140 valence electrons. The second-order valence-electron chi connectivity index (χ2n) is 8.07. The van der Waals surface area contributed by atoms with Crippen molar-refractivity contribution < 1.29 is 51.4 Å². The summed E-state index contributed by atoms with van der Waals surface area (Å²) >= 11 is 0. The van der Waals surface area contributed by atoms with Crippen LogP contribution in [0, 0.1) is 30.6 Å². The van der Waals surface area contributed by atoms with Crippen molar-refractivity contribution in [3.8, 4) is 6.07 Å². The molecule has 1 aliphatic carbocycles. The Morgan fingerprint density at radius 1 is 1.00 bits per heavy atom. The maximum absolute atomic E-state index is 8.45. The van der Waals surface area contributed by atoms with Crippen LogP contribution in [0.25, 0.3) is 0 Å². The maximum atomic E-state index is 8.45. The van der Waals surface area contributed by atoms with E-state index >= 15 is 0 Å². The fourth-order valence-electron chi connectivity index (χ4n) is 2.56. The fourth-order valence-corrected chi connectivity index (χ4v) is 2.56. The molecule has 0 aromatic heterocycles. The van der Waals surface area contributed by atoms with Crippen molar-refractivity contribution >= 4 is 0 Å². The average Bonchev–Trinajstić information content (AvgIpc) is 3.45. The third kappa shape index (κ3) is 10.5. The molecular weight excluding hydrogens is 353 g/mol. The summed E-state index contributed by atoms with van der Waals surface area (Å²) in [6, 6.07) is 18.9. The molecule has 0 spiro atoms. The first-order valence-electron chi connectivity index (χ1n) is 9.33. The minimum atomic E-state index is 0. The van der Waals surface area contributed by atoms with Crippen molar-refractivity contribution in [1.29, 1.82) is 5.26 Å². The summed E-state index contributed by atoms with van der Waals surface area (Å²) in [5.74, 6) is 0.877. The topological polar surface area (TPSA) is 23.8 Å². The predicted molar refractivity (Wildman–Crippen MR) is 113 cm³/mol. The first-order valence-corrected chi connectivity index (χ1v) is 9.33. The molecular formula is C25H33KN-. The molecule has 3 rings (SSSR count). The Labute approximate surface area is 210 Å². The molecule has 1 fully saturated rings. The smallest absolute Gasteiger partial charge is 0.358 e. The van der Waals surface area contributed by atoms with Crippen LogP contribution in [0.2, 0.25) is 0 Å². The Morgan fingerprint density at radius 3 is 1.96 bits per heavy atom. The third-order valence-corrected chi connectivity index (χ3v) is 4.43. The number of nitriles is 1. The van der Waals surface area contributed by atoms with Gasteiger partial charge in [-0.3, -0.25) is 0 Å². The van der Waals surface area contributed by atoms with Gasteiger partial charge in [0.25, 0.3) is 0 Å². The molecule has 0 N–H and O–H groups in total. The Morgan fingerprint density at radius 2 is 1.56 bits per heavy atom. The van der Waals surface area contributed by atoms with E-state index in [4.69, 9.17) is 5.26 Å². The number of hydrogen-bond donors (Lipinski definition) is 0. The van der Waals surface area contributed by atoms with Crippen LogP contribution >= 0.6 is 0 Å². The molecule has 1 saturated carbocycles. The van der Waals surface area contributed by atoms with E-state index in [0.717, 1.165) is 24.3 Å². The van der Waals surface area contributed by atoms with Gasteiger partial charge in [0.2, 0.25) is 0 Å². The summed E-state index contributed by atoms with van der Waals surface area (Å²) in [7, 11) is 0. The average molecular weight is 387 g/mol. The number of rotatable bonds is 4. The normalized spacial score (nSPS) is 12.4. The van der Waals surface area contributed by atoms with Crippen molar-refractivity contribution in [1.82, 2.24) is 0 Å². The van der Waals surface area contributed by atoms with Gasteiger partial charge in [0.15, 0.2) is 0 Å². The molecule has 1 aliphatic rings. The summed E-state index contributed by atoms with van der Waals surface area (Å²) in [4.78, 5) is 0. The fraction of sp³-hybridized carbons (Fsp3) is 0.400. The quantitative estimate of drug-likeness (QED) is 0.572. The van der Waals surface area contributed by atoms with E-state index in [1.165, 1.54) is 29.5 Å². The van der Waals surface area contributed by atoms with Gasteiger partial charge in [-0.1, -0.05) is 51.8 Å². The van der Waals surface area contributed by atoms with E-state index in [0.29, 0.717) is 5.41 Å². The largest absolute Gasteiger partial charge is 1.00 e. The van der Waals surface area contributed by atoms with Crippen LogP contribution in [0.1, 0.15) is 75.1 Å². The number of benzene rings is 2. The predicted octanol–water partition coefficient (Wildman–Crippen LogP) is 4.13. The molecule has 2 aromatic carbocycles. The van der Waals surface area contributed by atoms with Crippen LogP contribution < -0.4 is 51.4 Å². The van der Waals surface area contributed by atoms with Crippen LogP contribution in [0.4, 0.5) is 0 Å². The SMILES string of the molecule is CC(C)(C)C[CH-]c1ccc(C2CC2)cc1.CCc1ccc(C#N)cc1.[CH3-].[K+]. The van der Waals surface area contributed by atoms with E-state index in [-0.39, 0.29) is 58.8 Å². The van der Waals surface area contributed by atoms with Crippen molar-refractivity contribution in [2.75, 3.05) is 0 Å². The molecule has 0 atom stereocenters. The Bertz CT molecular complexity index is 683. The van der Waals surface area contributed by atoms with Gasteiger partial charge in [0.1, 0.15) is 0 Å². The number of nitrogens with zero attached hydrogens (tertiary/aromatic N) is 1. The van der Waals surface area contributed by atoms with Gasteiger partial charge < -0.3 is 7.43 Å². The molecule has 2 aromatic rings. The zero-order valence-corrected chi connectivity index (χ0v) is 21.2. The second kappa shape index (κ2) is 12.8. The standard InChI is InChI=1S/C15H21.C9H9N.CH3.K/c1-15(2,3)11-10-12-4-6-13(7-5-12)14-8-9-14;1-2-8-3-5-9(7-10)6-4-8;;/h4-7,10,14H,8-9,11H2,1-3H3;3-6H,2H2,1H3;1H3;/q-1;;-1;+1. The second-order valence-corrected chi connectivity index (χ2v) is 8.07. The summed E-state index contributed by atoms with van der Waals surface area (Å²) in [5.41, 5.74) is 5.31. The van der Waals surface area contributed by atoms with Crippen LogP contribution in [0.3, 0.4) is 0 Å². The van der Waals surface area contributed by atoms with Crippen molar-refractivity contribution in [3.05, 3.63) is 84.6 Å². The minimum Gasteiger partial charge on any atom is -0.358 e. The van der Waals surface area contributed by atoms with Gasteiger partial charge in [-0.2, -0.15) is 29.4 Å². The van der Waals surface area contributed by atoms with Crippen LogP contribution in [0.15, 0.2) is 48.5 Å². The van der Waals surface area contributed by atoms with Crippen molar-refractivity contribution in [2.45, 2.75) is 59.3 Å². The van der Waals surface area contributed by atoms with E-state index in [2.05, 4.69) is 64.5 Å². The van der Waals surface area contributed by atoms with Gasteiger partial charge in [0.05, 0.1) is 11.6 Å². The molecule has 0 bridgehead atoms. The molecule has 0 amide bonds. The Kier molecular flexibility index (Phi) is 12.5. The maximum Gasteiger partial charge on any atom is 1.00 e. The zero-order valence-electron chi connectivity index (χ0n) is 18.0. The third-order valence-electron chi connectivity index (χ3n) is 4.43. The first-order chi connectivity index (χ1) is 11.9. The summed E-state index contributed by atoms with van der Waals surface area (Å²) in [5, 5.41) is 8.45. The van der Waals surface area contributed by atoms with E-state index in [1.54, 1.807) is 0 Å². The van der Waals surface area contributed by atoms with Gasteiger partial charge >= 0.3 is 51.4 Å². The molecule has 0 saturated heterocycles. The molecule has 0 radical (unpaired) electrons. The number of hydrogen-bond acceptors (Lipinski definition) is 1. The van der Waals surface area contributed by atoms with Crippen LogP contribution in [-0.2, 0) is 6.42 Å². The van der Waals surface area contributed by atoms with E-state index < -0.39 is 0 Å². The summed E-state index contributed by atoms with van der Waals surface area (Å²) < 4.78 is 0. The van der Waals surface area contributed by atoms with Gasteiger partial charge in [-0.05, 0) is 48.3 Å². The monoisotopic (exact) mass is 386 g/mol. The van der Waals surface area contributed by atoms with Crippen molar-refractivity contribution in [3.63, 3.8) is 0 Å². The molecule has 0 unspecified atom stereocenters.